The maximum atomic E-state index is 11.2. The normalized spacial score (nSPS) is 10.4. The van der Waals surface area contributed by atoms with E-state index in [2.05, 4.69) is 5.32 Å². The lowest BCUT2D eigenvalue weighted by Crippen LogP contribution is -2.07. The molecule has 2 aromatic rings. The highest BCUT2D eigenvalue weighted by atomic mass is 35.5. The Morgan fingerprint density at radius 1 is 1.48 bits per heavy atom. The van der Waals surface area contributed by atoms with E-state index in [1.54, 1.807) is 11.3 Å². The topological polar surface area (TPSA) is 92.5 Å². The maximum absolute atomic E-state index is 11.2. The molecule has 1 heterocycles. The van der Waals surface area contributed by atoms with Crippen LogP contribution >= 0.6 is 22.9 Å². The summed E-state index contributed by atoms with van der Waals surface area (Å²) < 4.78 is 0. The summed E-state index contributed by atoms with van der Waals surface area (Å²) in [6.07, 6.45) is 0. The molecular weight excluding hydrogens is 316 g/mol. The van der Waals surface area contributed by atoms with Gasteiger partial charge in [0.2, 0.25) is 0 Å². The van der Waals surface area contributed by atoms with Crippen LogP contribution in [0.4, 0.5) is 11.4 Å². The van der Waals surface area contributed by atoms with Crippen LogP contribution in [0.3, 0.4) is 0 Å². The first-order chi connectivity index (χ1) is 9.88. The molecule has 0 aliphatic carbocycles. The molecule has 0 amide bonds. The van der Waals surface area contributed by atoms with Gasteiger partial charge in [-0.25, -0.2) is 4.79 Å². The lowest BCUT2D eigenvalue weighted by Gasteiger charge is -2.10. The Morgan fingerprint density at radius 3 is 2.71 bits per heavy atom. The molecule has 0 saturated heterocycles. The largest absolute Gasteiger partial charge is 0.478 e. The summed E-state index contributed by atoms with van der Waals surface area (Å²) in [6, 6.07) is 6.01. The van der Waals surface area contributed by atoms with Gasteiger partial charge in [-0.05, 0) is 19.1 Å². The minimum atomic E-state index is -1.27. The summed E-state index contributed by atoms with van der Waals surface area (Å²) in [6.45, 7) is 2.37. The van der Waals surface area contributed by atoms with Gasteiger partial charge in [0.25, 0.3) is 5.69 Å². The smallest absolute Gasteiger partial charge is 0.338 e. The molecule has 0 saturated carbocycles. The van der Waals surface area contributed by atoms with Crippen molar-refractivity contribution in [2.75, 3.05) is 5.32 Å². The number of nitrogens with one attached hydrogen (secondary N) is 1. The molecule has 2 rings (SSSR count). The van der Waals surface area contributed by atoms with Crippen molar-refractivity contribution in [2.24, 2.45) is 0 Å². The lowest BCUT2D eigenvalue weighted by molar-refractivity contribution is -0.384. The molecule has 0 fully saturated rings. The van der Waals surface area contributed by atoms with Gasteiger partial charge in [-0.15, -0.1) is 11.3 Å². The van der Waals surface area contributed by atoms with E-state index in [0.29, 0.717) is 6.54 Å². The number of nitro benzene ring substituents is 1. The average Bonchev–Trinajstić information content (AvgIpc) is 2.82. The number of non-ortho nitro benzene ring substituents is 1. The van der Waals surface area contributed by atoms with E-state index in [0.717, 1.165) is 21.9 Å². The van der Waals surface area contributed by atoms with E-state index in [4.69, 9.17) is 11.6 Å². The number of thiophene rings is 1. The number of nitro groups is 1. The number of halogens is 1. The molecular formula is C13H11ClN2O4S. The van der Waals surface area contributed by atoms with Crippen molar-refractivity contribution in [3.05, 3.63) is 54.7 Å². The maximum Gasteiger partial charge on any atom is 0.338 e. The van der Waals surface area contributed by atoms with Crippen LogP contribution in [0.1, 0.15) is 20.1 Å². The van der Waals surface area contributed by atoms with Crippen molar-refractivity contribution in [3.8, 4) is 0 Å². The van der Waals surface area contributed by atoms with Gasteiger partial charge in [0, 0.05) is 28.4 Å². The number of carbonyl (C=O) groups is 1. The van der Waals surface area contributed by atoms with Gasteiger partial charge < -0.3 is 10.4 Å². The van der Waals surface area contributed by atoms with Crippen LogP contribution in [0.25, 0.3) is 0 Å². The number of carboxylic acid groups (broad SMARTS) is 1. The van der Waals surface area contributed by atoms with Crippen LogP contribution < -0.4 is 5.32 Å². The number of aryl methyl sites for hydroxylation is 1. The van der Waals surface area contributed by atoms with Crippen molar-refractivity contribution in [1.29, 1.82) is 0 Å². The van der Waals surface area contributed by atoms with Crippen LogP contribution in [0.5, 0.6) is 0 Å². The summed E-state index contributed by atoms with van der Waals surface area (Å²) in [5.74, 6) is -1.27. The number of hydrogen-bond acceptors (Lipinski definition) is 5. The summed E-state index contributed by atoms with van der Waals surface area (Å²) in [4.78, 5) is 23.5. The Balaban J connectivity index is 2.33. The van der Waals surface area contributed by atoms with Crippen molar-refractivity contribution in [1.82, 2.24) is 0 Å². The number of anilines is 1. The fourth-order valence-electron chi connectivity index (χ4n) is 1.80. The molecule has 8 heteroatoms. The predicted molar refractivity (Wildman–Crippen MR) is 81.4 cm³/mol. The first-order valence-electron chi connectivity index (χ1n) is 5.89. The number of rotatable bonds is 5. The van der Waals surface area contributed by atoms with Crippen LogP contribution in [0, 0.1) is 17.0 Å². The van der Waals surface area contributed by atoms with Gasteiger partial charge in [0.05, 0.1) is 21.2 Å². The fraction of sp³-hybridized carbons (Fsp3) is 0.154. The molecule has 110 valence electrons. The summed E-state index contributed by atoms with van der Waals surface area (Å²) in [5.41, 5.74) is -0.391. The minimum absolute atomic E-state index is 0.00915. The molecule has 6 nitrogen and oxygen atoms in total. The molecule has 0 aliphatic rings. The SMILES string of the molecule is Cc1ccc(CNc2c(Cl)cc([N+](=O)[O-])cc2C(=O)O)s1. The van der Waals surface area contributed by atoms with Gasteiger partial charge in [0.1, 0.15) is 0 Å². The second kappa shape index (κ2) is 6.11. The summed E-state index contributed by atoms with van der Waals surface area (Å²) in [7, 11) is 0. The van der Waals surface area contributed by atoms with Crippen molar-refractivity contribution >= 4 is 40.3 Å². The number of benzene rings is 1. The Hall–Kier alpha value is -2.12. The van der Waals surface area contributed by atoms with E-state index < -0.39 is 10.9 Å². The fourth-order valence-corrected chi connectivity index (χ4v) is 2.91. The van der Waals surface area contributed by atoms with Crippen LogP contribution in [0.2, 0.25) is 5.02 Å². The highest BCUT2D eigenvalue weighted by Crippen LogP contribution is 2.32. The molecule has 0 radical (unpaired) electrons. The Morgan fingerprint density at radius 2 is 2.19 bits per heavy atom. The molecule has 0 atom stereocenters. The van der Waals surface area contributed by atoms with Crippen LogP contribution in [0.15, 0.2) is 24.3 Å². The molecule has 0 aliphatic heterocycles. The number of carboxylic acids is 1. The average molecular weight is 327 g/mol. The number of hydrogen-bond donors (Lipinski definition) is 2. The highest BCUT2D eigenvalue weighted by molar-refractivity contribution is 7.11. The molecule has 1 aromatic heterocycles. The highest BCUT2D eigenvalue weighted by Gasteiger charge is 2.20. The second-order valence-corrected chi connectivity index (χ2v) is 6.06. The van der Waals surface area contributed by atoms with Gasteiger partial charge in [-0.1, -0.05) is 11.6 Å². The quantitative estimate of drug-likeness (QED) is 0.641. The Bertz CT molecular complexity index is 714. The molecule has 0 bridgehead atoms. The Kier molecular flexibility index (Phi) is 4.44. The molecule has 0 unspecified atom stereocenters. The predicted octanol–water partition coefficient (Wildman–Crippen LogP) is 3.93. The van der Waals surface area contributed by atoms with Crippen LogP contribution in [-0.2, 0) is 6.54 Å². The zero-order valence-electron chi connectivity index (χ0n) is 10.9. The second-order valence-electron chi connectivity index (χ2n) is 4.28. The zero-order chi connectivity index (χ0) is 15.6. The molecule has 0 spiro atoms. The van der Waals surface area contributed by atoms with Gasteiger partial charge >= 0.3 is 5.97 Å². The third kappa shape index (κ3) is 3.50. The number of aromatic carboxylic acids is 1. The van der Waals surface area contributed by atoms with E-state index in [9.17, 15) is 20.0 Å². The number of nitrogens with zero attached hydrogens (tertiary/aromatic N) is 1. The third-order valence-electron chi connectivity index (χ3n) is 2.75. The summed E-state index contributed by atoms with van der Waals surface area (Å²) in [5, 5.41) is 22.9. The first kappa shape index (κ1) is 15.3. The van der Waals surface area contributed by atoms with Crippen molar-refractivity contribution in [3.63, 3.8) is 0 Å². The monoisotopic (exact) mass is 326 g/mol. The van der Waals surface area contributed by atoms with E-state index >= 15 is 0 Å². The van der Waals surface area contributed by atoms with E-state index in [-0.39, 0.29) is 22.0 Å². The van der Waals surface area contributed by atoms with Crippen molar-refractivity contribution < 1.29 is 14.8 Å². The van der Waals surface area contributed by atoms with E-state index in [1.165, 1.54) is 0 Å². The lowest BCUT2D eigenvalue weighted by atomic mass is 10.1. The van der Waals surface area contributed by atoms with E-state index in [1.807, 2.05) is 19.1 Å². The first-order valence-corrected chi connectivity index (χ1v) is 7.08. The van der Waals surface area contributed by atoms with Crippen LogP contribution in [-0.4, -0.2) is 16.0 Å². The standard InChI is InChI=1S/C13H11ClN2O4S/c1-7-2-3-9(21-7)6-15-12-10(13(17)18)4-8(16(19)20)5-11(12)14/h2-5,15H,6H2,1H3,(H,17,18). The zero-order valence-corrected chi connectivity index (χ0v) is 12.5. The van der Waals surface area contributed by atoms with Gasteiger partial charge in [0.15, 0.2) is 0 Å². The summed E-state index contributed by atoms with van der Waals surface area (Å²) >= 11 is 7.54. The van der Waals surface area contributed by atoms with Gasteiger partial charge in [-0.3, -0.25) is 10.1 Å². The third-order valence-corrected chi connectivity index (χ3v) is 4.05. The molecule has 21 heavy (non-hydrogen) atoms. The van der Waals surface area contributed by atoms with Gasteiger partial charge in [-0.2, -0.15) is 0 Å². The molecule has 2 N–H and O–H groups in total. The Labute approximate surface area is 129 Å². The minimum Gasteiger partial charge on any atom is -0.478 e. The molecule has 1 aromatic carbocycles. The van der Waals surface area contributed by atoms with Crippen molar-refractivity contribution in [2.45, 2.75) is 13.5 Å².